The quantitative estimate of drug-likeness (QED) is 0.634. The number of rotatable bonds is 4. The molecule has 0 spiro atoms. The Kier molecular flexibility index (Phi) is 4.69. The van der Waals surface area contributed by atoms with Crippen LogP contribution in [-0.4, -0.2) is 26.0 Å². The number of halogens is 1. The number of carbonyl (C=O) groups excluding carboxylic acids is 2. The first kappa shape index (κ1) is 13.7. The van der Waals surface area contributed by atoms with Crippen LogP contribution >= 0.6 is 15.9 Å². The number of Topliss-reactive ketones (excluding diaryl/α,β-unsaturated/α-hetero) is 1. The van der Waals surface area contributed by atoms with E-state index in [1.165, 1.54) is 14.2 Å². The van der Waals surface area contributed by atoms with Gasteiger partial charge in [-0.05, 0) is 12.1 Å². The Morgan fingerprint density at radius 1 is 1.24 bits per heavy atom. The monoisotopic (exact) mass is 300 g/mol. The first-order valence-electron chi connectivity index (χ1n) is 5.04. The Hall–Kier alpha value is -1.36. The van der Waals surface area contributed by atoms with Crippen molar-refractivity contribution < 1.29 is 19.1 Å². The van der Waals surface area contributed by atoms with E-state index in [0.29, 0.717) is 16.5 Å². The van der Waals surface area contributed by atoms with Gasteiger partial charge in [-0.2, -0.15) is 0 Å². The molecule has 0 saturated heterocycles. The summed E-state index contributed by atoms with van der Waals surface area (Å²) in [4.78, 5) is 23.3. The zero-order chi connectivity index (χ0) is 13.0. The predicted molar refractivity (Wildman–Crippen MR) is 66.7 cm³/mol. The molecule has 0 fully saturated rings. The summed E-state index contributed by atoms with van der Waals surface area (Å²) in [5.74, 6) is -0.367. The van der Waals surface area contributed by atoms with E-state index in [4.69, 9.17) is 4.74 Å². The van der Waals surface area contributed by atoms with Crippen LogP contribution in [-0.2, 0) is 4.74 Å². The lowest BCUT2D eigenvalue weighted by molar-refractivity contribution is 0.0597. The van der Waals surface area contributed by atoms with Crippen molar-refractivity contribution in [1.82, 2.24) is 0 Å². The molecule has 4 nitrogen and oxygen atoms in total. The third-order valence-corrected chi connectivity index (χ3v) is 2.74. The van der Waals surface area contributed by atoms with Crippen LogP contribution in [0.25, 0.3) is 0 Å². The number of hydrogen-bond acceptors (Lipinski definition) is 4. The van der Waals surface area contributed by atoms with Crippen LogP contribution in [0.4, 0.5) is 0 Å². The number of esters is 1. The molecule has 17 heavy (non-hydrogen) atoms. The van der Waals surface area contributed by atoms with Crippen LogP contribution in [0.1, 0.15) is 34.1 Å². The van der Waals surface area contributed by atoms with Crippen LogP contribution in [0, 0.1) is 0 Å². The van der Waals surface area contributed by atoms with Gasteiger partial charge in [-0.3, -0.25) is 4.79 Å². The third-order valence-electron chi connectivity index (χ3n) is 2.28. The zero-order valence-electron chi connectivity index (χ0n) is 9.87. The maximum absolute atomic E-state index is 11.8. The van der Waals surface area contributed by atoms with E-state index >= 15 is 0 Å². The maximum atomic E-state index is 11.8. The van der Waals surface area contributed by atoms with Crippen LogP contribution in [0.5, 0.6) is 5.75 Å². The molecule has 0 bridgehead atoms. The minimum absolute atomic E-state index is 0.0895. The molecule has 5 heteroatoms. The molecule has 0 heterocycles. The molecule has 92 valence electrons. The molecule has 0 unspecified atom stereocenters. The van der Waals surface area contributed by atoms with Crippen molar-refractivity contribution in [3.8, 4) is 5.75 Å². The highest BCUT2D eigenvalue weighted by molar-refractivity contribution is 9.10. The van der Waals surface area contributed by atoms with Gasteiger partial charge in [0.2, 0.25) is 0 Å². The maximum Gasteiger partial charge on any atom is 0.341 e. The van der Waals surface area contributed by atoms with Crippen molar-refractivity contribution in [2.45, 2.75) is 13.3 Å². The fourth-order valence-electron chi connectivity index (χ4n) is 1.47. The molecule has 0 atom stereocenters. The standard InChI is InChI=1S/C12H13BrO4/c1-4-10(14)8-5-7(13)6-9(11(8)16-2)12(15)17-3/h5-6H,4H2,1-3H3. The van der Waals surface area contributed by atoms with Crippen molar-refractivity contribution in [2.24, 2.45) is 0 Å². The Morgan fingerprint density at radius 3 is 2.29 bits per heavy atom. The van der Waals surface area contributed by atoms with Gasteiger partial charge in [0.15, 0.2) is 5.78 Å². The van der Waals surface area contributed by atoms with Crippen molar-refractivity contribution in [3.05, 3.63) is 27.7 Å². The Balaban J connectivity index is 3.45. The average Bonchev–Trinajstić information content (AvgIpc) is 2.35. The molecular weight excluding hydrogens is 288 g/mol. The Morgan fingerprint density at radius 2 is 1.82 bits per heavy atom. The van der Waals surface area contributed by atoms with Crippen molar-refractivity contribution in [2.75, 3.05) is 14.2 Å². The lowest BCUT2D eigenvalue weighted by Crippen LogP contribution is -2.09. The molecule has 0 saturated carbocycles. The minimum atomic E-state index is -0.534. The van der Waals surface area contributed by atoms with Gasteiger partial charge in [0.05, 0.1) is 19.8 Å². The summed E-state index contributed by atoms with van der Waals surface area (Å²) in [5, 5.41) is 0. The molecule has 0 aliphatic heterocycles. The number of ketones is 1. The van der Waals surface area contributed by atoms with Gasteiger partial charge < -0.3 is 9.47 Å². The fourth-order valence-corrected chi connectivity index (χ4v) is 1.93. The van der Waals surface area contributed by atoms with Crippen LogP contribution in [0.15, 0.2) is 16.6 Å². The average molecular weight is 301 g/mol. The minimum Gasteiger partial charge on any atom is -0.495 e. The highest BCUT2D eigenvalue weighted by Gasteiger charge is 2.20. The van der Waals surface area contributed by atoms with Crippen LogP contribution in [0.2, 0.25) is 0 Å². The lowest BCUT2D eigenvalue weighted by atomic mass is 10.0. The lowest BCUT2D eigenvalue weighted by Gasteiger charge is -2.12. The normalized spacial score (nSPS) is 9.88. The topological polar surface area (TPSA) is 52.6 Å². The molecule has 1 aromatic carbocycles. The summed E-state index contributed by atoms with van der Waals surface area (Å²) >= 11 is 3.26. The van der Waals surface area contributed by atoms with Gasteiger partial charge in [-0.1, -0.05) is 22.9 Å². The largest absolute Gasteiger partial charge is 0.495 e. The highest BCUT2D eigenvalue weighted by atomic mass is 79.9. The van der Waals surface area contributed by atoms with Gasteiger partial charge in [-0.25, -0.2) is 4.79 Å². The summed E-state index contributed by atoms with van der Waals surface area (Å²) < 4.78 is 10.4. The molecule has 0 aromatic heterocycles. The number of methoxy groups -OCH3 is 2. The molecular formula is C12H13BrO4. The molecule has 0 amide bonds. The molecule has 0 radical (unpaired) electrons. The number of hydrogen-bond donors (Lipinski definition) is 0. The second-order valence-electron chi connectivity index (χ2n) is 3.30. The number of benzene rings is 1. The van der Waals surface area contributed by atoms with Crippen molar-refractivity contribution in [1.29, 1.82) is 0 Å². The second kappa shape index (κ2) is 5.82. The van der Waals surface area contributed by atoms with Crippen LogP contribution in [0.3, 0.4) is 0 Å². The highest BCUT2D eigenvalue weighted by Crippen LogP contribution is 2.30. The van der Waals surface area contributed by atoms with E-state index in [2.05, 4.69) is 20.7 Å². The molecule has 0 N–H and O–H groups in total. The molecule has 0 aliphatic rings. The summed E-state index contributed by atoms with van der Waals surface area (Å²) in [6, 6.07) is 3.20. The van der Waals surface area contributed by atoms with E-state index < -0.39 is 5.97 Å². The van der Waals surface area contributed by atoms with E-state index in [1.54, 1.807) is 19.1 Å². The number of ether oxygens (including phenoxy) is 2. The predicted octanol–water partition coefficient (Wildman–Crippen LogP) is 2.84. The van der Waals surface area contributed by atoms with Gasteiger partial charge in [-0.15, -0.1) is 0 Å². The van der Waals surface area contributed by atoms with Gasteiger partial charge in [0.1, 0.15) is 11.3 Å². The van der Waals surface area contributed by atoms with Gasteiger partial charge in [0, 0.05) is 10.9 Å². The Labute approximate surface area is 108 Å². The zero-order valence-corrected chi connectivity index (χ0v) is 11.5. The third kappa shape index (κ3) is 2.85. The Bertz CT molecular complexity index is 417. The van der Waals surface area contributed by atoms with Crippen molar-refractivity contribution >= 4 is 27.7 Å². The summed E-state index contributed by atoms with van der Waals surface area (Å²) in [5.41, 5.74) is 0.617. The summed E-state index contributed by atoms with van der Waals surface area (Å²) in [7, 11) is 2.70. The van der Waals surface area contributed by atoms with Crippen LogP contribution < -0.4 is 4.74 Å². The first-order valence-corrected chi connectivity index (χ1v) is 5.83. The molecule has 0 aliphatic carbocycles. The smallest absolute Gasteiger partial charge is 0.341 e. The summed E-state index contributed by atoms with van der Waals surface area (Å²) in [6.07, 6.45) is 0.341. The van der Waals surface area contributed by atoms with E-state index in [9.17, 15) is 9.59 Å². The second-order valence-corrected chi connectivity index (χ2v) is 4.22. The molecule has 1 aromatic rings. The van der Waals surface area contributed by atoms with Gasteiger partial charge in [0.25, 0.3) is 0 Å². The molecule has 1 rings (SSSR count). The fraction of sp³-hybridized carbons (Fsp3) is 0.333. The van der Waals surface area contributed by atoms with E-state index in [0.717, 1.165) is 0 Å². The SMILES string of the molecule is CCC(=O)c1cc(Br)cc(C(=O)OC)c1OC. The number of carbonyl (C=O) groups is 2. The first-order chi connectivity index (χ1) is 8.04. The van der Waals surface area contributed by atoms with E-state index in [1.807, 2.05) is 0 Å². The van der Waals surface area contributed by atoms with E-state index in [-0.39, 0.29) is 17.1 Å². The van der Waals surface area contributed by atoms with Gasteiger partial charge >= 0.3 is 5.97 Å². The summed E-state index contributed by atoms with van der Waals surface area (Å²) in [6.45, 7) is 1.75. The van der Waals surface area contributed by atoms with Crippen molar-refractivity contribution in [3.63, 3.8) is 0 Å².